The maximum absolute atomic E-state index is 10.2. The van der Waals surface area contributed by atoms with Crippen molar-refractivity contribution in [2.24, 2.45) is 0 Å². The molecule has 0 radical (unpaired) electrons. The highest BCUT2D eigenvalue weighted by molar-refractivity contribution is 5.28. The van der Waals surface area contributed by atoms with Crippen molar-refractivity contribution in [1.82, 2.24) is 0 Å². The Morgan fingerprint density at radius 2 is 1.89 bits per heavy atom. The average Bonchev–Trinajstić information content (AvgIpc) is 2.64. The highest BCUT2D eigenvalue weighted by Crippen LogP contribution is 2.32. The molecule has 1 fully saturated rings. The summed E-state index contributed by atoms with van der Waals surface area (Å²) in [6.45, 7) is -0.469. The van der Waals surface area contributed by atoms with Crippen LogP contribution in [0.15, 0.2) is 24.3 Å². The molecule has 1 aliphatic rings. The zero-order chi connectivity index (χ0) is 14.0. The molecule has 1 aromatic rings. The van der Waals surface area contributed by atoms with Crippen molar-refractivity contribution in [2.75, 3.05) is 13.7 Å². The van der Waals surface area contributed by atoms with E-state index >= 15 is 0 Å². The zero-order valence-electron chi connectivity index (χ0n) is 10.6. The first-order valence-electron chi connectivity index (χ1n) is 6.00. The fourth-order valence-corrected chi connectivity index (χ4v) is 2.20. The van der Waals surface area contributed by atoms with Crippen LogP contribution in [0.1, 0.15) is 5.56 Å². The molecule has 1 unspecified atom stereocenters. The zero-order valence-corrected chi connectivity index (χ0v) is 10.6. The molecule has 0 bridgehead atoms. The van der Waals surface area contributed by atoms with Gasteiger partial charge in [-0.05, 0) is 17.7 Å². The van der Waals surface area contributed by atoms with E-state index < -0.39 is 30.7 Å². The highest BCUT2D eigenvalue weighted by Gasteiger charge is 2.52. The number of benzene rings is 1. The molecule has 1 aliphatic heterocycles. The summed E-state index contributed by atoms with van der Waals surface area (Å²) in [7, 11) is 1.55. The monoisotopic (exact) mass is 270 g/mol. The molecule has 0 aliphatic carbocycles. The van der Waals surface area contributed by atoms with E-state index in [4.69, 9.17) is 14.6 Å². The van der Waals surface area contributed by atoms with Crippen molar-refractivity contribution in [3.05, 3.63) is 29.8 Å². The topological polar surface area (TPSA) is 99.4 Å². The van der Waals surface area contributed by atoms with Crippen molar-refractivity contribution in [1.29, 1.82) is 0 Å². The Balaban J connectivity index is 2.12. The van der Waals surface area contributed by atoms with Gasteiger partial charge in [0, 0.05) is 6.42 Å². The summed E-state index contributed by atoms with van der Waals surface area (Å²) in [5, 5.41) is 38.7. The molecule has 6 nitrogen and oxygen atoms in total. The lowest BCUT2D eigenvalue weighted by atomic mass is 9.98. The summed E-state index contributed by atoms with van der Waals surface area (Å²) >= 11 is 0. The standard InChI is InChI=1S/C13H18O6/c1-18-9-4-2-8(3-5-9)6-13(17)12(16)11(15)10(7-14)19-13/h2-5,10-12,14-17H,6-7H2,1H3/t10-,11-,12-,13?/m1/s1. The Kier molecular flexibility index (Phi) is 4.07. The fourth-order valence-electron chi connectivity index (χ4n) is 2.20. The number of ether oxygens (including phenoxy) is 2. The van der Waals surface area contributed by atoms with Gasteiger partial charge in [0.25, 0.3) is 0 Å². The lowest BCUT2D eigenvalue weighted by molar-refractivity contribution is -0.229. The number of rotatable bonds is 4. The highest BCUT2D eigenvalue weighted by atomic mass is 16.7. The van der Waals surface area contributed by atoms with Crippen LogP contribution >= 0.6 is 0 Å². The summed E-state index contributed by atoms with van der Waals surface area (Å²) in [6, 6.07) is 6.90. The molecule has 0 amide bonds. The van der Waals surface area contributed by atoms with Crippen molar-refractivity contribution in [3.63, 3.8) is 0 Å². The first-order chi connectivity index (χ1) is 9.00. The third-order valence-corrected chi connectivity index (χ3v) is 3.32. The minimum absolute atomic E-state index is 0.00568. The quantitative estimate of drug-likeness (QED) is 0.562. The Morgan fingerprint density at radius 3 is 2.37 bits per heavy atom. The van der Waals surface area contributed by atoms with Crippen LogP contribution in [0.3, 0.4) is 0 Å². The second-order valence-corrected chi connectivity index (χ2v) is 4.64. The summed E-state index contributed by atoms with van der Waals surface area (Å²) in [5.74, 6) is -1.22. The number of aliphatic hydroxyl groups is 4. The van der Waals surface area contributed by atoms with Gasteiger partial charge in [0.2, 0.25) is 0 Å². The molecule has 4 N–H and O–H groups in total. The Bertz CT molecular complexity index is 420. The van der Waals surface area contributed by atoms with Crippen LogP contribution in [-0.4, -0.2) is 58.2 Å². The summed E-state index contributed by atoms with van der Waals surface area (Å²) in [6.07, 6.45) is -3.76. The van der Waals surface area contributed by atoms with E-state index in [0.717, 1.165) is 0 Å². The third kappa shape index (κ3) is 2.72. The molecule has 1 aromatic carbocycles. The molecule has 0 saturated carbocycles. The van der Waals surface area contributed by atoms with Gasteiger partial charge >= 0.3 is 0 Å². The average molecular weight is 270 g/mol. The predicted molar refractivity (Wildman–Crippen MR) is 65.6 cm³/mol. The van der Waals surface area contributed by atoms with Crippen LogP contribution in [0.4, 0.5) is 0 Å². The van der Waals surface area contributed by atoms with Crippen molar-refractivity contribution in [3.8, 4) is 5.75 Å². The number of hydrogen-bond acceptors (Lipinski definition) is 6. The summed E-state index contributed by atoms with van der Waals surface area (Å²) in [4.78, 5) is 0. The van der Waals surface area contributed by atoms with Gasteiger partial charge in [-0.15, -0.1) is 0 Å². The number of aliphatic hydroxyl groups excluding tert-OH is 3. The second kappa shape index (κ2) is 5.44. The Morgan fingerprint density at radius 1 is 1.26 bits per heavy atom. The number of methoxy groups -OCH3 is 1. The van der Waals surface area contributed by atoms with E-state index in [-0.39, 0.29) is 6.42 Å². The van der Waals surface area contributed by atoms with E-state index in [1.54, 1.807) is 31.4 Å². The molecule has 2 rings (SSSR count). The normalized spacial score (nSPS) is 34.5. The van der Waals surface area contributed by atoms with E-state index in [1.807, 2.05) is 0 Å². The van der Waals surface area contributed by atoms with Gasteiger partial charge in [-0.25, -0.2) is 0 Å². The smallest absolute Gasteiger partial charge is 0.199 e. The summed E-state index contributed by atoms with van der Waals surface area (Å²) < 4.78 is 10.2. The lowest BCUT2D eigenvalue weighted by Crippen LogP contribution is -2.44. The largest absolute Gasteiger partial charge is 0.497 e. The van der Waals surface area contributed by atoms with Gasteiger partial charge in [0.05, 0.1) is 13.7 Å². The second-order valence-electron chi connectivity index (χ2n) is 4.64. The van der Waals surface area contributed by atoms with Gasteiger partial charge in [0.15, 0.2) is 5.79 Å². The Hall–Kier alpha value is -1.18. The van der Waals surface area contributed by atoms with Crippen molar-refractivity contribution in [2.45, 2.75) is 30.5 Å². The number of hydrogen-bond donors (Lipinski definition) is 4. The fraction of sp³-hybridized carbons (Fsp3) is 0.538. The van der Waals surface area contributed by atoms with Gasteiger partial charge in [-0.1, -0.05) is 12.1 Å². The maximum Gasteiger partial charge on any atom is 0.199 e. The van der Waals surface area contributed by atoms with E-state index in [0.29, 0.717) is 11.3 Å². The lowest BCUT2D eigenvalue weighted by Gasteiger charge is -2.26. The van der Waals surface area contributed by atoms with Crippen LogP contribution in [-0.2, 0) is 11.2 Å². The SMILES string of the molecule is COc1ccc(CC2(O)O[C@H](CO)[C@@H](O)[C@H]2O)cc1. The van der Waals surface area contributed by atoms with Gasteiger partial charge in [-0.3, -0.25) is 0 Å². The van der Waals surface area contributed by atoms with Gasteiger partial charge in [0.1, 0.15) is 24.1 Å². The van der Waals surface area contributed by atoms with Crippen LogP contribution < -0.4 is 4.74 Å². The molecule has 19 heavy (non-hydrogen) atoms. The molecule has 6 heteroatoms. The summed E-state index contributed by atoms with van der Waals surface area (Å²) in [5.41, 5.74) is 0.716. The van der Waals surface area contributed by atoms with E-state index in [9.17, 15) is 15.3 Å². The minimum atomic E-state index is -1.90. The first kappa shape index (κ1) is 14.2. The predicted octanol–water partition coefficient (Wildman–Crippen LogP) is -0.961. The van der Waals surface area contributed by atoms with E-state index in [1.165, 1.54) is 0 Å². The molecule has 0 spiro atoms. The molecule has 0 aromatic heterocycles. The molecule has 106 valence electrons. The van der Waals surface area contributed by atoms with Gasteiger partial charge in [-0.2, -0.15) is 0 Å². The van der Waals surface area contributed by atoms with Crippen molar-refractivity contribution >= 4 is 0 Å². The van der Waals surface area contributed by atoms with E-state index in [2.05, 4.69) is 0 Å². The van der Waals surface area contributed by atoms with Crippen LogP contribution in [0.2, 0.25) is 0 Å². The molecule has 1 saturated heterocycles. The molecule has 1 heterocycles. The minimum Gasteiger partial charge on any atom is -0.497 e. The molecule has 4 atom stereocenters. The van der Waals surface area contributed by atoms with Crippen LogP contribution in [0.5, 0.6) is 5.75 Å². The van der Waals surface area contributed by atoms with Crippen molar-refractivity contribution < 1.29 is 29.9 Å². The molecular formula is C13H18O6. The Labute approximate surface area is 110 Å². The maximum atomic E-state index is 10.2. The first-order valence-corrected chi connectivity index (χ1v) is 6.00. The van der Waals surface area contributed by atoms with Crippen LogP contribution in [0.25, 0.3) is 0 Å². The van der Waals surface area contributed by atoms with Crippen LogP contribution in [0, 0.1) is 0 Å². The third-order valence-electron chi connectivity index (χ3n) is 3.32. The van der Waals surface area contributed by atoms with Gasteiger partial charge < -0.3 is 29.9 Å². The molecular weight excluding hydrogens is 252 g/mol.